The number of aromatic amines is 1. The van der Waals surface area contributed by atoms with Crippen molar-refractivity contribution in [1.82, 2.24) is 9.78 Å². The van der Waals surface area contributed by atoms with Gasteiger partial charge >= 0.3 is 0 Å². The summed E-state index contributed by atoms with van der Waals surface area (Å²) in [6.45, 7) is 4.65. The van der Waals surface area contributed by atoms with Crippen molar-refractivity contribution in [3.63, 3.8) is 0 Å². The SMILES string of the molecule is COc1cc(OC)c([C@@H]2SCC(=O)Nc3c2c(=O)[nH]n3[C@H]2CCOC(C)(C)C2)cc1OC. The Bertz CT molecular complexity index is 1080. The Morgan fingerprint density at radius 3 is 2.44 bits per heavy atom. The maximum absolute atomic E-state index is 13.2. The molecule has 2 aliphatic heterocycles. The fourth-order valence-electron chi connectivity index (χ4n) is 4.44. The Hall–Kier alpha value is -2.59. The molecule has 10 heteroatoms. The number of carbonyl (C=O) groups is 1. The number of fused-ring (bicyclic) bond motifs is 1. The molecule has 0 spiro atoms. The van der Waals surface area contributed by atoms with Gasteiger partial charge in [0.25, 0.3) is 5.56 Å². The van der Waals surface area contributed by atoms with E-state index >= 15 is 0 Å². The number of carbonyl (C=O) groups excluding carboxylic acids is 1. The van der Waals surface area contributed by atoms with Crippen molar-refractivity contribution in [3.8, 4) is 17.2 Å². The lowest BCUT2D eigenvalue weighted by Gasteiger charge is -2.36. The first-order valence-electron chi connectivity index (χ1n) is 10.5. The molecule has 174 valence electrons. The van der Waals surface area contributed by atoms with Gasteiger partial charge in [-0.1, -0.05) is 0 Å². The normalized spacial score (nSPS) is 22.5. The third kappa shape index (κ3) is 4.09. The molecular weight excluding hydrogens is 434 g/mol. The minimum Gasteiger partial charge on any atom is -0.496 e. The minimum atomic E-state index is -0.434. The molecule has 0 aliphatic carbocycles. The second-order valence-corrected chi connectivity index (χ2v) is 9.61. The highest BCUT2D eigenvalue weighted by molar-refractivity contribution is 8.00. The molecule has 0 radical (unpaired) electrons. The first-order valence-corrected chi connectivity index (χ1v) is 11.5. The molecule has 3 heterocycles. The van der Waals surface area contributed by atoms with Crippen molar-refractivity contribution in [1.29, 1.82) is 0 Å². The monoisotopic (exact) mass is 463 g/mol. The van der Waals surface area contributed by atoms with E-state index in [0.29, 0.717) is 35.2 Å². The number of nitrogens with one attached hydrogen (secondary N) is 2. The Balaban J connectivity index is 1.86. The summed E-state index contributed by atoms with van der Waals surface area (Å²) in [4.78, 5) is 25.9. The Morgan fingerprint density at radius 1 is 1.09 bits per heavy atom. The van der Waals surface area contributed by atoms with Gasteiger partial charge in [0.2, 0.25) is 5.91 Å². The number of H-pyrrole nitrogens is 1. The summed E-state index contributed by atoms with van der Waals surface area (Å²) in [5.74, 6) is 2.16. The third-order valence-electron chi connectivity index (χ3n) is 5.92. The van der Waals surface area contributed by atoms with E-state index in [0.717, 1.165) is 18.4 Å². The van der Waals surface area contributed by atoms with Gasteiger partial charge in [0.05, 0.1) is 49.5 Å². The number of nitrogens with zero attached hydrogens (tertiary/aromatic N) is 1. The van der Waals surface area contributed by atoms with Crippen LogP contribution < -0.4 is 25.1 Å². The number of thioether (sulfide) groups is 1. The predicted molar refractivity (Wildman–Crippen MR) is 122 cm³/mol. The quantitative estimate of drug-likeness (QED) is 0.702. The van der Waals surface area contributed by atoms with E-state index in [1.165, 1.54) is 11.8 Å². The molecule has 0 bridgehead atoms. The van der Waals surface area contributed by atoms with Crippen LogP contribution in [0, 0.1) is 0 Å². The summed E-state index contributed by atoms with van der Waals surface area (Å²) in [6, 6.07) is 3.55. The summed E-state index contributed by atoms with van der Waals surface area (Å²) >= 11 is 1.38. The van der Waals surface area contributed by atoms with Crippen LogP contribution in [0.3, 0.4) is 0 Å². The van der Waals surface area contributed by atoms with Gasteiger partial charge in [-0.25, -0.2) is 0 Å². The second-order valence-electron chi connectivity index (χ2n) is 8.52. The van der Waals surface area contributed by atoms with Crippen molar-refractivity contribution < 1.29 is 23.7 Å². The molecule has 9 nitrogen and oxygen atoms in total. The second kappa shape index (κ2) is 8.74. The molecule has 1 fully saturated rings. The lowest BCUT2D eigenvalue weighted by molar-refractivity contribution is -0.113. The van der Waals surface area contributed by atoms with Crippen LogP contribution in [-0.4, -0.2) is 55.0 Å². The smallest absolute Gasteiger partial charge is 0.270 e. The number of ether oxygens (including phenoxy) is 4. The fourth-order valence-corrected chi connectivity index (χ4v) is 5.58. The van der Waals surface area contributed by atoms with Crippen molar-refractivity contribution in [2.45, 2.75) is 43.6 Å². The van der Waals surface area contributed by atoms with Crippen LogP contribution in [0.4, 0.5) is 5.82 Å². The van der Waals surface area contributed by atoms with Crippen LogP contribution in [0.25, 0.3) is 0 Å². The highest BCUT2D eigenvalue weighted by Gasteiger charge is 2.37. The molecule has 1 aromatic carbocycles. The zero-order valence-corrected chi connectivity index (χ0v) is 19.8. The molecule has 0 saturated carbocycles. The standard InChI is InChI=1S/C22H29N3O6S/c1-22(2)10-12(6-7-31-22)25-20-18(21(27)24-25)19(32-11-17(26)23-20)13-8-15(29-4)16(30-5)9-14(13)28-3/h8-9,12,19H,6-7,10-11H2,1-5H3,(H,23,26)(H,24,27)/t12-,19-/m0/s1. The summed E-state index contributed by atoms with van der Waals surface area (Å²) in [6.07, 6.45) is 1.46. The zero-order valence-electron chi connectivity index (χ0n) is 18.9. The number of aromatic nitrogens is 2. The van der Waals surface area contributed by atoms with Gasteiger partial charge in [-0.2, -0.15) is 0 Å². The molecule has 2 N–H and O–H groups in total. The Labute approximate surface area is 190 Å². The Kier molecular flexibility index (Phi) is 6.17. The molecule has 2 atom stereocenters. The molecule has 2 aromatic rings. The van der Waals surface area contributed by atoms with Crippen LogP contribution in [0.2, 0.25) is 0 Å². The van der Waals surface area contributed by atoms with E-state index in [2.05, 4.69) is 10.4 Å². The summed E-state index contributed by atoms with van der Waals surface area (Å²) < 4.78 is 24.2. The highest BCUT2D eigenvalue weighted by Crippen LogP contribution is 2.47. The minimum absolute atomic E-state index is 0.00606. The fraction of sp³-hybridized carbons (Fsp3) is 0.545. The third-order valence-corrected chi connectivity index (χ3v) is 7.17. The van der Waals surface area contributed by atoms with Gasteiger partial charge in [-0.05, 0) is 32.8 Å². The molecule has 1 amide bonds. The average Bonchev–Trinajstić information content (AvgIpc) is 2.97. The highest BCUT2D eigenvalue weighted by atomic mass is 32.2. The molecule has 0 unspecified atom stereocenters. The molecule has 1 aromatic heterocycles. The lowest BCUT2D eigenvalue weighted by Crippen LogP contribution is -2.36. The molecule has 2 aliphatic rings. The summed E-state index contributed by atoms with van der Waals surface area (Å²) in [5, 5.41) is 5.51. The van der Waals surface area contributed by atoms with Crippen molar-refractivity contribution >= 4 is 23.5 Å². The van der Waals surface area contributed by atoms with Crippen LogP contribution in [0.15, 0.2) is 16.9 Å². The number of methoxy groups -OCH3 is 3. The number of benzene rings is 1. The zero-order chi connectivity index (χ0) is 23.0. The van der Waals surface area contributed by atoms with Crippen LogP contribution in [0.1, 0.15) is 49.1 Å². The van der Waals surface area contributed by atoms with Crippen molar-refractivity contribution in [2.75, 3.05) is 39.0 Å². The van der Waals surface area contributed by atoms with E-state index in [1.54, 1.807) is 27.4 Å². The van der Waals surface area contributed by atoms with Crippen molar-refractivity contribution in [2.24, 2.45) is 0 Å². The van der Waals surface area contributed by atoms with E-state index < -0.39 is 5.25 Å². The number of amides is 1. The van der Waals surface area contributed by atoms with Gasteiger partial charge in [0, 0.05) is 18.2 Å². The number of hydrogen-bond acceptors (Lipinski definition) is 7. The van der Waals surface area contributed by atoms with Gasteiger partial charge in [0.1, 0.15) is 11.6 Å². The van der Waals surface area contributed by atoms with E-state index in [4.69, 9.17) is 18.9 Å². The molecule has 32 heavy (non-hydrogen) atoms. The maximum atomic E-state index is 13.2. The lowest BCUT2D eigenvalue weighted by atomic mass is 9.94. The number of hydrogen-bond donors (Lipinski definition) is 2. The largest absolute Gasteiger partial charge is 0.496 e. The van der Waals surface area contributed by atoms with Crippen molar-refractivity contribution in [3.05, 3.63) is 33.6 Å². The molecule has 4 rings (SSSR count). The first kappa shape index (κ1) is 22.6. The number of anilines is 1. The van der Waals surface area contributed by atoms with Gasteiger partial charge in [-0.15, -0.1) is 11.8 Å². The van der Waals surface area contributed by atoms with Crippen LogP contribution in [-0.2, 0) is 9.53 Å². The van der Waals surface area contributed by atoms with E-state index in [9.17, 15) is 9.59 Å². The maximum Gasteiger partial charge on any atom is 0.270 e. The summed E-state index contributed by atoms with van der Waals surface area (Å²) in [5.41, 5.74) is 0.687. The summed E-state index contributed by atoms with van der Waals surface area (Å²) in [7, 11) is 4.68. The number of rotatable bonds is 5. The topological polar surface area (TPSA) is 104 Å². The van der Waals surface area contributed by atoms with E-state index in [-0.39, 0.29) is 28.9 Å². The van der Waals surface area contributed by atoms with E-state index in [1.807, 2.05) is 24.6 Å². The van der Waals surface area contributed by atoms with Gasteiger partial charge in [-0.3, -0.25) is 19.4 Å². The average molecular weight is 464 g/mol. The molecular formula is C22H29N3O6S. The molecule has 1 saturated heterocycles. The predicted octanol–water partition coefficient (Wildman–Crippen LogP) is 3.11. The first-order chi connectivity index (χ1) is 15.3. The van der Waals surface area contributed by atoms with Gasteiger partial charge in [0.15, 0.2) is 11.5 Å². The Morgan fingerprint density at radius 2 is 1.78 bits per heavy atom. The van der Waals surface area contributed by atoms with Crippen LogP contribution in [0.5, 0.6) is 17.2 Å². The van der Waals surface area contributed by atoms with Crippen LogP contribution >= 0.6 is 11.8 Å². The van der Waals surface area contributed by atoms with Gasteiger partial charge < -0.3 is 24.3 Å².